The number of carbonyl (C=O) groups excluding carboxylic acids is 2. The van der Waals surface area contributed by atoms with E-state index in [-0.39, 0.29) is 31.0 Å². The largest absolute Gasteiger partial charge is 0.483 e. The monoisotopic (exact) mass is 628 g/mol. The molecule has 2 atom stereocenters. The normalized spacial score (nSPS) is 12.5. The van der Waals surface area contributed by atoms with Crippen molar-refractivity contribution >= 4 is 43.7 Å². The summed E-state index contributed by atoms with van der Waals surface area (Å²) in [5.74, 6) is 0.165. The van der Waals surface area contributed by atoms with Crippen molar-refractivity contribution in [1.82, 2.24) is 10.2 Å². The summed E-state index contributed by atoms with van der Waals surface area (Å²) in [6, 6.07) is 22.7. The number of halogens is 2. The zero-order valence-electron chi connectivity index (χ0n) is 21.5. The van der Waals surface area contributed by atoms with Crippen LogP contribution in [0.3, 0.4) is 0 Å². The SMILES string of the molecule is CCc1ccc(OCC(=O)N(Cc2cccc(Br)c2)[C@H](Cc2ccccc2)C(=O)N[C@@H](C)CC)c(Br)c1. The second-order valence-electron chi connectivity index (χ2n) is 9.08. The fourth-order valence-electron chi connectivity index (χ4n) is 3.93. The number of nitrogens with zero attached hydrogens (tertiary/aromatic N) is 1. The lowest BCUT2D eigenvalue weighted by atomic mass is 10.0. The van der Waals surface area contributed by atoms with E-state index in [0.29, 0.717) is 12.2 Å². The van der Waals surface area contributed by atoms with Crippen LogP contribution in [0.1, 0.15) is 43.9 Å². The van der Waals surface area contributed by atoms with Crippen LogP contribution < -0.4 is 10.1 Å². The highest BCUT2D eigenvalue weighted by Crippen LogP contribution is 2.26. The quantitative estimate of drug-likeness (QED) is 0.242. The van der Waals surface area contributed by atoms with Crippen LogP contribution >= 0.6 is 31.9 Å². The number of aryl methyl sites for hydroxylation is 1. The van der Waals surface area contributed by atoms with E-state index in [1.807, 2.05) is 86.6 Å². The van der Waals surface area contributed by atoms with Crippen LogP contribution in [0.4, 0.5) is 0 Å². The minimum absolute atomic E-state index is 0.00196. The van der Waals surface area contributed by atoms with Gasteiger partial charge in [0.15, 0.2) is 6.61 Å². The van der Waals surface area contributed by atoms with E-state index in [1.165, 1.54) is 5.56 Å². The van der Waals surface area contributed by atoms with Crippen molar-refractivity contribution in [2.45, 2.75) is 58.7 Å². The molecule has 3 aromatic carbocycles. The molecule has 5 nitrogen and oxygen atoms in total. The van der Waals surface area contributed by atoms with E-state index in [4.69, 9.17) is 4.74 Å². The summed E-state index contributed by atoms with van der Waals surface area (Å²) >= 11 is 7.07. The van der Waals surface area contributed by atoms with Crippen LogP contribution in [0.2, 0.25) is 0 Å². The molecule has 0 bridgehead atoms. The second kappa shape index (κ2) is 14.3. The highest BCUT2D eigenvalue weighted by atomic mass is 79.9. The van der Waals surface area contributed by atoms with E-state index in [9.17, 15) is 9.59 Å². The first kappa shape index (κ1) is 28.9. The molecule has 196 valence electrons. The Balaban J connectivity index is 1.92. The molecule has 0 aliphatic heterocycles. The molecule has 0 heterocycles. The molecule has 1 N–H and O–H groups in total. The Hall–Kier alpha value is -2.64. The molecule has 7 heteroatoms. The Morgan fingerprint density at radius 1 is 0.919 bits per heavy atom. The first-order valence-electron chi connectivity index (χ1n) is 12.6. The fraction of sp³-hybridized carbons (Fsp3) is 0.333. The van der Waals surface area contributed by atoms with Crippen LogP contribution in [0.5, 0.6) is 5.75 Å². The topological polar surface area (TPSA) is 58.6 Å². The number of hydrogen-bond acceptors (Lipinski definition) is 3. The summed E-state index contributed by atoms with van der Waals surface area (Å²) < 4.78 is 7.66. The summed E-state index contributed by atoms with van der Waals surface area (Å²) in [4.78, 5) is 28.9. The van der Waals surface area contributed by atoms with Crippen LogP contribution in [-0.4, -0.2) is 35.4 Å². The van der Waals surface area contributed by atoms with Crippen molar-refractivity contribution in [1.29, 1.82) is 0 Å². The Labute approximate surface area is 236 Å². The van der Waals surface area contributed by atoms with Crippen molar-refractivity contribution < 1.29 is 14.3 Å². The highest BCUT2D eigenvalue weighted by molar-refractivity contribution is 9.10. The van der Waals surface area contributed by atoms with Crippen molar-refractivity contribution in [3.05, 3.63) is 98.4 Å². The maximum Gasteiger partial charge on any atom is 0.261 e. The first-order chi connectivity index (χ1) is 17.8. The van der Waals surface area contributed by atoms with Crippen molar-refractivity contribution in [3.63, 3.8) is 0 Å². The first-order valence-corrected chi connectivity index (χ1v) is 14.2. The lowest BCUT2D eigenvalue weighted by Crippen LogP contribution is -2.53. The minimum atomic E-state index is -0.697. The number of nitrogens with one attached hydrogen (secondary N) is 1. The van der Waals surface area contributed by atoms with Crippen molar-refractivity contribution in [2.24, 2.45) is 0 Å². The maximum atomic E-state index is 13.7. The fourth-order valence-corrected chi connectivity index (χ4v) is 4.92. The van der Waals surface area contributed by atoms with Gasteiger partial charge in [0.2, 0.25) is 5.91 Å². The molecule has 3 rings (SSSR count). The standard InChI is InChI=1S/C30H34Br2N2O3/c1-4-21(3)33-30(36)27(18-23-10-7-6-8-11-23)34(19-24-12-9-13-25(31)16-24)29(35)20-37-28-15-14-22(5-2)17-26(28)32/h6-17,21,27H,4-5,18-20H2,1-3H3,(H,33,36)/t21-,27+/m0/s1. The predicted octanol–water partition coefficient (Wildman–Crippen LogP) is 6.71. The summed E-state index contributed by atoms with van der Waals surface area (Å²) in [6.45, 7) is 6.18. The number of hydrogen-bond donors (Lipinski definition) is 1. The zero-order chi connectivity index (χ0) is 26.8. The Morgan fingerprint density at radius 2 is 1.65 bits per heavy atom. The molecule has 0 unspecified atom stereocenters. The molecule has 2 amide bonds. The van der Waals surface area contributed by atoms with Gasteiger partial charge in [0.25, 0.3) is 5.91 Å². The summed E-state index contributed by atoms with van der Waals surface area (Å²) in [5, 5.41) is 3.09. The molecular weight excluding hydrogens is 596 g/mol. The van der Waals surface area contributed by atoms with Gasteiger partial charge in [0.1, 0.15) is 11.8 Å². The number of carbonyl (C=O) groups is 2. The van der Waals surface area contributed by atoms with E-state index >= 15 is 0 Å². The van der Waals surface area contributed by atoms with Crippen LogP contribution in [-0.2, 0) is 29.0 Å². The molecular formula is C30H34Br2N2O3. The van der Waals surface area contributed by atoms with E-state index in [0.717, 1.165) is 32.9 Å². The van der Waals surface area contributed by atoms with Gasteiger partial charge in [-0.05, 0) is 76.7 Å². The van der Waals surface area contributed by atoms with E-state index in [1.54, 1.807) is 4.90 Å². The van der Waals surface area contributed by atoms with Gasteiger partial charge in [0, 0.05) is 23.5 Å². The Kier molecular flexibility index (Phi) is 11.2. The molecule has 0 saturated carbocycles. The minimum Gasteiger partial charge on any atom is -0.483 e. The van der Waals surface area contributed by atoms with Gasteiger partial charge in [-0.2, -0.15) is 0 Å². The average Bonchev–Trinajstić information content (AvgIpc) is 2.90. The lowest BCUT2D eigenvalue weighted by Gasteiger charge is -2.32. The molecule has 37 heavy (non-hydrogen) atoms. The number of benzene rings is 3. The molecule has 0 spiro atoms. The average molecular weight is 630 g/mol. The van der Waals surface area contributed by atoms with Gasteiger partial charge in [-0.15, -0.1) is 0 Å². The van der Waals surface area contributed by atoms with Gasteiger partial charge in [0.05, 0.1) is 4.47 Å². The molecule has 0 radical (unpaired) electrons. The van der Waals surface area contributed by atoms with Crippen molar-refractivity contribution in [2.75, 3.05) is 6.61 Å². The number of amides is 2. The molecule has 0 aliphatic carbocycles. The van der Waals surface area contributed by atoms with E-state index < -0.39 is 6.04 Å². The summed E-state index contributed by atoms with van der Waals surface area (Å²) in [7, 11) is 0. The van der Waals surface area contributed by atoms with Crippen LogP contribution in [0.15, 0.2) is 81.7 Å². The third-order valence-electron chi connectivity index (χ3n) is 6.27. The van der Waals surface area contributed by atoms with Gasteiger partial charge >= 0.3 is 0 Å². The van der Waals surface area contributed by atoms with Gasteiger partial charge in [-0.25, -0.2) is 0 Å². The smallest absolute Gasteiger partial charge is 0.261 e. The summed E-state index contributed by atoms with van der Waals surface area (Å²) in [6.07, 6.45) is 2.11. The molecule has 0 aliphatic rings. The number of ether oxygens (including phenoxy) is 1. The van der Waals surface area contributed by atoms with Gasteiger partial charge < -0.3 is 15.0 Å². The third kappa shape index (κ3) is 8.71. The lowest BCUT2D eigenvalue weighted by molar-refractivity contribution is -0.143. The Bertz CT molecular complexity index is 1190. The van der Waals surface area contributed by atoms with Crippen LogP contribution in [0, 0.1) is 0 Å². The van der Waals surface area contributed by atoms with Gasteiger partial charge in [-0.1, -0.05) is 78.3 Å². The molecule has 0 saturated heterocycles. The van der Waals surface area contributed by atoms with E-state index in [2.05, 4.69) is 44.1 Å². The number of rotatable bonds is 12. The highest BCUT2D eigenvalue weighted by Gasteiger charge is 2.31. The molecule has 0 aromatic heterocycles. The Morgan fingerprint density at radius 3 is 2.30 bits per heavy atom. The van der Waals surface area contributed by atoms with Gasteiger partial charge in [-0.3, -0.25) is 9.59 Å². The third-order valence-corrected chi connectivity index (χ3v) is 7.38. The molecule has 3 aromatic rings. The van der Waals surface area contributed by atoms with Crippen LogP contribution in [0.25, 0.3) is 0 Å². The maximum absolute atomic E-state index is 13.7. The predicted molar refractivity (Wildman–Crippen MR) is 156 cm³/mol. The summed E-state index contributed by atoms with van der Waals surface area (Å²) in [5.41, 5.74) is 3.08. The van der Waals surface area contributed by atoms with Crippen molar-refractivity contribution in [3.8, 4) is 5.75 Å². The second-order valence-corrected chi connectivity index (χ2v) is 10.9. The zero-order valence-corrected chi connectivity index (χ0v) is 24.7. The molecule has 0 fully saturated rings.